The number of nitrogens with zero attached hydrogens (tertiary/aromatic N) is 6. The molecule has 266 valence electrons. The van der Waals surface area contributed by atoms with Crippen molar-refractivity contribution in [2.75, 3.05) is 32.2 Å². The van der Waals surface area contributed by atoms with Crippen LogP contribution < -0.4 is 15.6 Å². The van der Waals surface area contributed by atoms with Crippen molar-refractivity contribution in [3.8, 4) is 17.3 Å². The lowest BCUT2D eigenvalue weighted by Crippen LogP contribution is -2.44. The molecule has 2 aromatic carbocycles. The maximum Gasteiger partial charge on any atom is 0.417 e. The van der Waals surface area contributed by atoms with Crippen LogP contribution >= 0.6 is 11.3 Å². The standard InChI is InChI=1S/C35H36F2N8O5S/c1-21(50-35(48)44(3)33-24(5-4-12-40-33)18-49-32(47)17-39-2)45-20-41-43-31(45)15-30(46)27(14-25-13-26(36)10-11-28(25)37)34-42-29(19-51-34)23-8-6-22(16-38)7-9-23/h4-13,19,21,27,30,39,41,46H,14-15,17-18,20H2,1-3H3/t21?,27?,30-/m1/s1. The fraction of sp³-hybridized carbons (Fsp3) is 0.314. The highest BCUT2D eigenvalue weighted by Crippen LogP contribution is 2.33. The summed E-state index contributed by atoms with van der Waals surface area (Å²) in [5, 5.41) is 30.2. The lowest BCUT2D eigenvalue weighted by molar-refractivity contribution is -0.143. The molecule has 0 spiro atoms. The number of hydrogen-bond donors (Lipinski definition) is 3. The van der Waals surface area contributed by atoms with E-state index in [9.17, 15) is 23.5 Å². The number of likely N-dealkylation sites (N-methyl/N-ethyl adjacent to an activating group) is 1. The first-order valence-electron chi connectivity index (χ1n) is 15.9. The Hall–Kier alpha value is -5.50. The number of ether oxygens (including phenoxy) is 2. The summed E-state index contributed by atoms with van der Waals surface area (Å²) >= 11 is 1.27. The topological polar surface area (TPSA) is 165 Å². The number of aliphatic hydroxyl groups is 1. The van der Waals surface area contributed by atoms with Gasteiger partial charge in [0.2, 0.25) is 0 Å². The first-order valence-corrected chi connectivity index (χ1v) is 16.8. The summed E-state index contributed by atoms with van der Waals surface area (Å²) in [4.78, 5) is 37.0. The Morgan fingerprint density at radius 3 is 2.71 bits per heavy atom. The van der Waals surface area contributed by atoms with Crippen molar-refractivity contribution in [3.63, 3.8) is 0 Å². The molecule has 3 atom stereocenters. The minimum absolute atomic E-state index is 0.0271. The van der Waals surface area contributed by atoms with Crippen molar-refractivity contribution in [2.45, 2.75) is 44.6 Å². The Labute approximate surface area is 297 Å². The highest BCUT2D eigenvalue weighted by atomic mass is 32.1. The highest BCUT2D eigenvalue weighted by Gasteiger charge is 2.33. The van der Waals surface area contributed by atoms with Gasteiger partial charge in [0.15, 0.2) is 6.23 Å². The third-order valence-electron chi connectivity index (χ3n) is 8.11. The fourth-order valence-electron chi connectivity index (χ4n) is 5.39. The lowest BCUT2D eigenvalue weighted by Gasteiger charge is -2.30. The molecule has 0 fully saturated rings. The van der Waals surface area contributed by atoms with Gasteiger partial charge in [0.25, 0.3) is 0 Å². The quantitative estimate of drug-likeness (QED) is 0.157. The average molecular weight is 719 g/mol. The summed E-state index contributed by atoms with van der Waals surface area (Å²) in [6.07, 6.45) is -1.36. The number of pyridine rings is 1. The summed E-state index contributed by atoms with van der Waals surface area (Å²) in [5.41, 5.74) is 5.28. The monoisotopic (exact) mass is 718 g/mol. The zero-order valence-corrected chi connectivity index (χ0v) is 28.9. The molecule has 1 aliphatic heterocycles. The molecule has 5 rings (SSSR count). The number of carbonyl (C=O) groups is 2. The van der Waals surface area contributed by atoms with Crippen LogP contribution in [0.15, 0.2) is 71.3 Å². The molecular weight excluding hydrogens is 682 g/mol. The van der Waals surface area contributed by atoms with Gasteiger partial charge in [-0.05, 0) is 62.4 Å². The third-order valence-corrected chi connectivity index (χ3v) is 9.09. The number of amidine groups is 1. The van der Waals surface area contributed by atoms with Crippen LogP contribution in [-0.4, -0.2) is 77.5 Å². The summed E-state index contributed by atoms with van der Waals surface area (Å²) in [6.45, 7) is 1.74. The zero-order chi connectivity index (χ0) is 36.5. The zero-order valence-electron chi connectivity index (χ0n) is 28.0. The van der Waals surface area contributed by atoms with Gasteiger partial charge < -0.3 is 24.8 Å². The number of benzene rings is 2. The summed E-state index contributed by atoms with van der Waals surface area (Å²) in [6, 6.07) is 15.5. The van der Waals surface area contributed by atoms with Crippen LogP contribution in [0.1, 0.15) is 41.0 Å². The number of halogens is 2. The molecule has 13 nitrogen and oxygen atoms in total. The number of rotatable bonds is 14. The second-order valence-corrected chi connectivity index (χ2v) is 12.5. The Morgan fingerprint density at radius 2 is 1.96 bits per heavy atom. The number of hydrogen-bond acceptors (Lipinski definition) is 13. The molecule has 16 heteroatoms. The molecule has 0 saturated heterocycles. The molecule has 0 aliphatic carbocycles. The summed E-state index contributed by atoms with van der Waals surface area (Å²) < 4.78 is 40.0. The molecule has 3 heterocycles. The highest BCUT2D eigenvalue weighted by molar-refractivity contribution is 7.10. The van der Waals surface area contributed by atoms with E-state index in [1.807, 2.05) is 0 Å². The molecule has 0 saturated carbocycles. The van der Waals surface area contributed by atoms with E-state index in [0.29, 0.717) is 27.7 Å². The average Bonchev–Trinajstić information content (AvgIpc) is 3.81. The molecule has 1 aliphatic rings. The van der Waals surface area contributed by atoms with Crippen LogP contribution in [0.4, 0.5) is 19.4 Å². The molecule has 2 aromatic heterocycles. The molecule has 3 N–H and O–H groups in total. The van der Waals surface area contributed by atoms with Gasteiger partial charge in [0, 0.05) is 42.1 Å². The minimum Gasteiger partial charge on any atom is -0.460 e. The molecule has 4 aromatic rings. The predicted octanol–water partition coefficient (Wildman–Crippen LogP) is 4.49. The molecule has 0 radical (unpaired) electrons. The number of aliphatic hydroxyl groups excluding tert-OH is 1. The van der Waals surface area contributed by atoms with E-state index >= 15 is 0 Å². The largest absolute Gasteiger partial charge is 0.460 e. The number of nitriles is 1. The van der Waals surface area contributed by atoms with E-state index in [1.165, 1.54) is 29.5 Å². The number of anilines is 1. The first-order chi connectivity index (χ1) is 24.6. The van der Waals surface area contributed by atoms with Gasteiger partial charge in [-0.1, -0.05) is 18.2 Å². The molecule has 1 amide bonds. The van der Waals surface area contributed by atoms with Crippen LogP contribution in [0.5, 0.6) is 0 Å². The van der Waals surface area contributed by atoms with Crippen LogP contribution in [0.3, 0.4) is 0 Å². The number of esters is 1. The van der Waals surface area contributed by atoms with Crippen molar-refractivity contribution >= 4 is 35.1 Å². The van der Waals surface area contributed by atoms with Crippen molar-refractivity contribution in [1.29, 1.82) is 5.26 Å². The number of amides is 1. The van der Waals surface area contributed by atoms with Gasteiger partial charge in [0.1, 0.15) is 36.6 Å². The van der Waals surface area contributed by atoms with Crippen molar-refractivity contribution in [3.05, 3.63) is 99.5 Å². The fourth-order valence-corrected chi connectivity index (χ4v) is 6.38. The van der Waals surface area contributed by atoms with Crippen LogP contribution in [0.2, 0.25) is 0 Å². The second kappa shape index (κ2) is 16.9. The van der Waals surface area contributed by atoms with Crippen LogP contribution in [0, 0.1) is 23.0 Å². The normalized spacial score (nSPS) is 14.1. The van der Waals surface area contributed by atoms with Crippen molar-refractivity contribution in [2.24, 2.45) is 5.10 Å². The van der Waals surface area contributed by atoms with E-state index in [-0.39, 0.29) is 44.0 Å². The number of nitrogens with one attached hydrogen (secondary N) is 2. The molecule has 0 bridgehead atoms. The van der Waals surface area contributed by atoms with Gasteiger partial charge >= 0.3 is 12.1 Å². The lowest BCUT2D eigenvalue weighted by atomic mass is 9.91. The van der Waals surface area contributed by atoms with E-state index in [2.05, 4.69) is 26.9 Å². The predicted molar refractivity (Wildman–Crippen MR) is 185 cm³/mol. The maximum absolute atomic E-state index is 14.9. The van der Waals surface area contributed by atoms with Gasteiger partial charge in [-0.25, -0.2) is 23.5 Å². The minimum atomic E-state index is -1.17. The second-order valence-electron chi connectivity index (χ2n) is 11.6. The van der Waals surface area contributed by atoms with E-state index < -0.39 is 41.9 Å². The smallest absolute Gasteiger partial charge is 0.417 e. The molecular formula is C35H36F2N8O5S. The Balaban J connectivity index is 1.30. The van der Waals surface area contributed by atoms with E-state index in [0.717, 1.165) is 23.8 Å². The summed E-state index contributed by atoms with van der Waals surface area (Å²) in [7, 11) is 3.10. The van der Waals surface area contributed by atoms with Crippen LogP contribution in [0.25, 0.3) is 11.3 Å². The Kier molecular flexibility index (Phi) is 12.2. The Bertz CT molecular complexity index is 1920. The van der Waals surface area contributed by atoms with Gasteiger partial charge in [-0.3, -0.25) is 15.1 Å². The van der Waals surface area contributed by atoms with E-state index in [1.54, 1.807) is 60.6 Å². The van der Waals surface area contributed by atoms with Gasteiger partial charge in [0.05, 0.1) is 35.0 Å². The first kappa shape index (κ1) is 36.8. The maximum atomic E-state index is 14.9. The molecule has 2 unspecified atom stereocenters. The van der Waals surface area contributed by atoms with Crippen LogP contribution in [-0.2, 0) is 27.3 Å². The van der Waals surface area contributed by atoms with Gasteiger partial charge in [-0.2, -0.15) is 10.4 Å². The number of aromatic nitrogens is 2. The number of hydrazone groups is 1. The van der Waals surface area contributed by atoms with Crippen molar-refractivity contribution < 1.29 is 33.0 Å². The number of thiazole rings is 1. The summed E-state index contributed by atoms with van der Waals surface area (Å²) in [5.74, 6) is -1.85. The Morgan fingerprint density at radius 1 is 1.18 bits per heavy atom. The van der Waals surface area contributed by atoms with Crippen molar-refractivity contribution in [1.82, 2.24) is 25.6 Å². The third kappa shape index (κ3) is 9.19. The molecule has 51 heavy (non-hydrogen) atoms. The SMILES string of the molecule is CNCC(=O)OCc1cccnc1N(C)C(=O)OC(C)N1CNN=C1C[C@@H](O)C(Cc1cc(F)ccc1F)c1nc(-c2ccc(C#N)cc2)cs1. The van der Waals surface area contributed by atoms with Gasteiger partial charge in [-0.15, -0.1) is 11.3 Å². The van der Waals surface area contributed by atoms with E-state index in [4.69, 9.17) is 19.7 Å². The number of carbonyl (C=O) groups excluding carboxylic acids is 2.